The molecule has 0 aliphatic heterocycles. The smallest absolute Gasteiger partial charge is 0.383 e. The van der Waals surface area contributed by atoms with Crippen molar-refractivity contribution in [2.75, 3.05) is 16.4 Å². The van der Waals surface area contributed by atoms with Gasteiger partial charge in [0.2, 0.25) is 0 Å². The van der Waals surface area contributed by atoms with Gasteiger partial charge in [0.05, 0.1) is 16.6 Å². The second kappa shape index (κ2) is 10.1. The lowest BCUT2D eigenvalue weighted by atomic mass is 10.00. The Kier molecular flexibility index (Phi) is 6.64. The number of amides is 2. The molecule has 12 heteroatoms. The van der Waals surface area contributed by atoms with Crippen molar-refractivity contribution in [3.8, 4) is 11.1 Å². The first-order chi connectivity index (χ1) is 18.2. The van der Waals surface area contributed by atoms with Gasteiger partial charge in [0.15, 0.2) is 0 Å². The molecule has 0 radical (unpaired) electrons. The minimum Gasteiger partial charge on any atom is -0.383 e. The van der Waals surface area contributed by atoms with Gasteiger partial charge in [-0.3, -0.25) is 4.98 Å². The molecule has 7 nitrogen and oxygen atoms in total. The van der Waals surface area contributed by atoms with Crippen molar-refractivity contribution in [1.82, 2.24) is 15.0 Å². The van der Waals surface area contributed by atoms with Crippen molar-refractivity contribution in [3.05, 3.63) is 95.1 Å². The fourth-order valence-corrected chi connectivity index (χ4v) is 5.12. The second-order valence-electron chi connectivity index (χ2n) is 8.23. The molecule has 192 valence electrons. The minimum atomic E-state index is -4.67. The molecule has 5 rings (SSSR count). The number of pyridine rings is 1. The Morgan fingerprint density at radius 3 is 2.53 bits per heavy atom. The molecule has 4 N–H and O–H groups in total. The van der Waals surface area contributed by atoms with Crippen LogP contribution in [0.2, 0.25) is 0 Å². The summed E-state index contributed by atoms with van der Waals surface area (Å²) in [6.45, 7) is 0. The minimum absolute atomic E-state index is 0.336. The van der Waals surface area contributed by atoms with E-state index in [-0.39, 0.29) is 0 Å². The predicted octanol–water partition coefficient (Wildman–Crippen LogP) is 6.73. The van der Waals surface area contributed by atoms with E-state index in [2.05, 4.69) is 25.6 Å². The van der Waals surface area contributed by atoms with E-state index in [1.54, 1.807) is 36.7 Å². The van der Waals surface area contributed by atoms with Crippen LogP contribution in [-0.2, 0) is 12.6 Å². The van der Waals surface area contributed by atoms with E-state index < -0.39 is 29.3 Å². The molecule has 3 aromatic heterocycles. The highest BCUT2D eigenvalue weighted by atomic mass is 32.1. The third kappa shape index (κ3) is 5.25. The van der Waals surface area contributed by atoms with Crippen molar-refractivity contribution in [2.45, 2.75) is 12.6 Å². The van der Waals surface area contributed by atoms with Crippen LogP contribution in [0.4, 0.5) is 39.5 Å². The van der Waals surface area contributed by atoms with Crippen molar-refractivity contribution >= 4 is 44.8 Å². The highest BCUT2D eigenvalue weighted by Crippen LogP contribution is 2.41. The fraction of sp³-hybridized carbons (Fsp3) is 0.0769. The predicted molar refractivity (Wildman–Crippen MR) is 138 cm³/mol. The van der Waals surface area contributed by atoms with E-state index in [4.69, 9.17) is 5.73 Å². The topological polar surface area (TPSA) is 106 Å². The SMILES string of the molecule is Nc1ncnc2sc(Cc3cccnc3)c(-c3ccc(NC(=O)Nc4cc(C(F)(F)F)ccc4F)cc3)c12. The third-order valence-electron chi connectivity index (χ3n) is 5.65. The number of fused-ring (bicyclic) bond motifs is 1. The molecule has 38 heavy (non-hydrogen) atoms. The first-order valence-electron chi connectivity index (χ1n) is 11.1. The number of benzene rings is 2. The summed E-state index contributed by atoms with van der Waals surface area (Å²) in [5, 5.41) is 5.33. The molecule has 0 bridgehead atoms. The summed E-state index contributed by atoms with van der Waals surface area (Å²) in [7, 11) is 0. The molecule has 0 atom stereocenters. The Labute approximate surface area is 217 Å². The number of hydrogen-bond acceptors (Lipinski definition) is 6. The number of nitrogen functional groups attached to an aromatic ring is 1. The number of rotatable bonds is 5. The number of hydrogen-bond donors (Lipinski definition) is 3. The molecular formula is C26H18F4N6OS. The van der Waals surface area contributed by atoms with Crippen LogP contribution in [-0.4, -0.2) is 21.0 Å². The molecule has 0 saturated carbocycles. The lowest BCUT2D eigenvalue weighted by Crippen LogP contribution is -2.20. The molecule has 0 saturated heterocycles. The van der Waals surface area contributed by atoms with E-state index in [0.29, 0.717) is 36.1 Å². The Balaban J connectivity index is 1.40. The zero-order valence-corrected chi connectivity index (χ0v) is 20.2. The van der Waals surface area contributed by atoms with Gasteiger partial charge in [0, 0.05) is 34.9 Å². The summed E-state index contributed by atoms with van der Waals surface area (Å²) in [6, 6.07) is 11.5. The van der Waals surface area contributed by atoms with Crippen LogP contribution in [0.3, 0.4) is 0 Å². The Morgan fingerprint density at radius 2 is 1.82 bits per heavy atom. The molecule has 0 fully saturated rings. The van der Waals surface area contributed by atoms with E-state index in [0.717, 1.165) is 31.8 Å². The van der Waals surface area contributed by atoms with Crippen LogP contribution < -0.4 is 16.4 Å². The first-order valence-corrected chi connectivity index (χ1v) is 12.0. The Hall–Kier alpha value is -4.58. The summed E-state index contributed by atoms with van der Waals surface area (Å²) in [4.78, 5) is 26.8. The maximum absolute atomic E-state index is 14.0. The zero-order chi connectivity index (χ0) is 26.9. The van der Waals surface area contributed by atoms with Crippen LogP contribution >= 0.6 is 11.3 Å². The maximum atomic E-state index is 14.0. The van der Waals surface area contributed by atoms with Crippen LogP contribution in [0, 0.1) is 5.82 Å². The summed E-state index contributed by atoms with van der Waals surface area (Å²) in [6.07, 6.45) is 0.802. The largest absolute Gasteiger partial charge is 0.416 e. The van der Waals surface area contributed by atoms with Crippen molar-refractivity contribution in [1.29, 1.82) is 0 Å². The fourth-order valence-electron chi connectivity index (χ4n) is 3.92. The molecule has 5 aromatic rings. The zero-order valence-electron chi connectivity index (χ0n) is 19.4. The maximum Gasteiger partial charge on any atom is 0.416 e. The van der Waals surface area contributed by atoms with Crippen molar-refractivity contribution in [3.63, 3.8) is 0 Å². The summed E-state index contributed by atoms with van der Waals surface area (Å²) in [5.41, 5.74) is 7.53. The van der Waals surface area contributed by atoms with Gasteiger partial charge in [-0.05, 0) is 47.5 Å². The molecule has 0 aliphatic rings. The molecule has 2 aromatic carbocycles. The molecule has 2 amide bonds. The van der Waals surface area contributed by atoms with Crippen LogP contribution in [0.1, 0.15) is 16.0 Å². The van der Waals surface area contributed by atoms with Gasteiger partial charge in [0.25, 0.3) is 0 Å². The monoisotopic (exact) mass is 538 g/mol. The number of anilines is 3. The number of aromatic nitrogens is 3. The third-order valence-corrected chi connectivity index (χ3v) is 6.75. The number of halogens is 4. The van der Waals surface area contributed by atoms with Crippen molar-refractivity contribution in [2.24, 2.45) is 0 Å². The summed E-state index contributed by atoms with van der Waals surface area (Å²) in [5.74, 6) is -0.655. The van der Waals surface area contributed by atoms with E-state index in [1.807, 2.05) is 12.1 Å². The van der Waals surface area contributed by atoms with Gasteiger partial charge in [-0.15, -0.1) is 11.3 Å². The number of nitrogens with zero attached hydrogens (tertiary/aromatic N) is 3. The summed E-state index contributed by atoms with van der Waals surface area (Å²) < 4.78 is 52.8. The van der Waals surface area contributed by atoms with Crippen LogP contribution in [0.5, 0.6) is 0 Å². The lowest BCUT2D eigenvalue weighted by Gasteiger charge is -2.12. The van der Waals surface area contributed by atoms with E-state index >= 15 is 0 Å². The molecule has 0 aliphatic carbocycles. The van der Waals surface area contributed by atoms with Gasteiger partial charge >= 0.3 is 12.2 Å². The van der Waals surface area contributed by atoms with Crippen LogP contribution in [0.25, 0.3) is 21.3 Å². The highest BCUT2D eigenvalue weighted by molar-refractivity contribution is 7.19. The quantitative estimate of drug-likeness (QED) is 0.215. The number of carbonyl (C=O) groups excluding carboxylic acids is 1. The van der Waals surface area contributed by atoms with Gasteiger partial charge in [-0.1, -0.05) is 18.2 Å². The highest BCUT2D eigenvalue weighted by Gasteiger charge is 2.31. The number of carbonyl (C=O) groups is 1. The molecule has 0 unspecified atom stereocenters. The average molecular weight is 539 g/mol. The summed E-state index contributed by atoms with van der Waals surface area (Å²) >= 11 is 1.49. The Morgan fingerprint density at radius 1 is 1.03 bits per heavy atom. The van der Waals surface area contributed by atoms with E-state index in [9.17, 15) is 22.4 Å². The second-order valence-corrected chi connectivity index (χ2v) is 9.31. The van der Waals surface area contributed by atoms with Crippen molar-refractivity contribution < 1.29 is 22.4 Å². The number of alkyl halides is 3. The first kappa shape index (κ1) is 25.1. The van der Waals surface area contributed by atoms with Crippen LogP contribution in [0.15, 0.2) is 73.3 Å². The van der Waals surface area contributed by atoms with Gasteiger partial charge in [0.1, 0.15) is 22.8 Å². The number of urea groups is 1. The normalized spacial score (nSPS) is 11.5. The molecular weight excluding hydrogens is 520 g/mol. The van der Waals surface area contributed by atoms with Gasteiger partial charge in [-0.25, -0.2) is 19.2 Å². The Bertz CT molecular complexity index is 1620. The number of thiophene rings is 1. The van der Waals surface area contributed by atoms with Gasteiger partial charge in [-0.2, -0.15) is 13.2 Å². The van der Waals surface area contributed by atoms with E-state index in [1.165, 1.54) is 17.7 Å². The average Bonchev–Trinajstić information content (AvgIpc) is 3.25. The van der Waals surface area contributed by atoms with Gasteiger partial charge < -0.3 is 16.4 Å². The molecule has 0 spiro atoms. The number of nitrogens with one attached hydrogen (secondary N) is 2. The lowest BCUT2D eigenvalue weighted by molar-refractivity contribution is -0.137. The molecule has 3 heterocycles. The standard InChI is InChI=1S/C26H18F4N6OS/c27-18-8-5-16(26(28,29)30)11-19(18)36-25(37)35-17-6-3-15(4-7-17)21-20(10-14-2-1-9-32-12-14)38-24-22(21)23(31)33-13-34-24/h1-9,11-13H,10H2,(H2,31,33,34)(H2,35,36,37). The number of nitrogens with two attached hydrogens (primary N) is 1.